The van der Waals surface area contributed by atoms with Crippen molar-refractivity contribution in [2.75, 3.05) is 14.2 Å². The first-order valence-corrected chi connectivity index (χ1v) is 8.16. The number of rotatable bonds is 4. The van der Waals surface area contributed by atoms with E-state index in [1.165, 1.54) is 37.1 Å². The molecular formula is C19H14ClFN2O4. The third-order valence-electron chi connectivity index (χ3n) is 3.86. The van der Waals surface area contributed by atoms with Crippen LogP contribution in [0.15, 0.2) is 48.5 Å². The molecule has 8 heteroatoms. The number of halogens is 2. The van der Waals surface area contributed by atoms with E-state index in [2.05, 4.69) is 5.10 Å². The predicted molar refractivity (Wildman–Crippen MR) is 96.6 cm³/mol. The molecule has 0 aliphatic carbocycles. The molecule has 2 aromatic carbocycles. The van der Waals surface area contributed by atoms with Crippen LogP contribution in [0.2, 0.25) is 5.02 Å². The summed E-state index contributed by atoms with van der Waals surface area (Å²) < 4.78 is 24.8. The summed E-state index contributed by atoms with van der Waals surface area (Å²) in [4.78, 5) is 24.9. The first kappa shape index (κ1) is 18.6. The monoisotopic (exact) mass is 388 g/mol. The molecule has 0 atom stereocenters. The number of para-hydroxylation sites is 1. The number of carbonyl (C=O) groups excluding carboxylic acids is 2. The SMILES string of the molecule is COC(=O)c1c(-c2cccc(F)c2Cl)nn(-c2ccccc2)c1C(=O)OC. The van der Waals surface area contributed by atoms with Crippen molar-refractivity contribution in [3.8, 4) is 16.9 Å². The van der Waals surface area contributed by atoms with E-state index in [4.69, 9.17) is 21.1 Å². The number of hydrogen-bond acceptors (Lipinski definition) is 5. The Balaban J connectivity index is 2.40. The number of benzene rings is 2. The highest BCUT2D eigenvalue weighted by atomic mass is 35.5. The van der Waals surface area contributed by atoms with E-state index >= 15 is 0 Å². The molecule has 138 valence electrons. The van der Waals surface area contributed by atoms with Gasteiger partial charge in [-0.3, -0.25) is 0 Å². The molecule has 0 unspecified atom stereocenters. The number of aromatic nitrogens is 2. The van der Waals surface area contributed by atoms with Gasteiger partial charge in [-0.2, -0.15) is 5.10 Å². The van der Waals surface area contributed by atoms with Gasteiger partial charge in [0.2, 0.25) is 0 Å². The van der Waals surface area contributed by atoms with E-state index in [1.807, 2.05) is 0 Å². The fourth-order valence-electron chi connectivity index (χ4n) is 2.63. The number of methoxy groups -OCH3 is 2. The number of esters is 2. The van der Waals surface area contributed by atoms with Gasteiger partial charge in [0.1, 0.15) is 17.1 Å². The minimum Gasteiger partial charge on any atom is -0.465 e. The van der Waals surface area contributed by atoms with Crippen LogP contribution in [-0.4, -0.2) is 35.9 Å². The van der Waals surface area contributed by atoms with Gasteiger partial charge < -0.3 is 9.47 Å². The molecule has 0 bridgehead atoms. The molecule has 0 saturated heterocycles. The van der Waals surface area contributed by atoms with Crippen molar-refractivity contribution in [1.29, 1.82) is 0 Å². The third kappa shape index (κ3) is 3.29. The summed E-state index contributed by atoms with van der Waals surface area (Å²) in [5.74, 6) is -2.31. The number of carbonyl (C=O) groups is 2. The Morgan fingerprint density at radius 1 is 1.00 bits per heavy atom. The lowest BCUT2D eigenvalue weighted by Crippen LogP contribution is -2.15. The number of ether oxygens (including phenoxy) is 2. The van der Waals surface area contributed by atoms with E-state index in [-0.39, 0.29) is 27.5 Å². The van der Waals surface area contributed by atoms with Gasteiger partial charge in [0.05, 0.1) is 24.9 Å². The highest BCUT2D eigenvalue weighted by Crippen LogP contribution is 2.34. The van der Waals surface area contributed by atoms with Gasteiger partial charge in [-0.1, -0.05) is 41.9 Å². The van der Waals surface area contributed by atoms with Crippen molar-refractivity contribution in [2.45, 2.75) is 0 Å². The summed E-state index contributed by atoms with van der Waals surface area (Å²) in [5.41, 5.74) is 0.348. The zero-order chi connectivity index (χ0) is 19.6. The fraction of sp³-hybridized carbons (Fsp3) is 0.105. The highest BCUT2D eigenvalue weighted by Gasteiger charge is 2.32. The molecule has 0 amide bonds. The summed E-state index contributed by atoms with van der Waals surface area (Å²) in [7, 11) is 2.35. The van der Waals surface area contributed by atoms with Crippen LogP contribution in [0.3, 0.4) is 0 Å². The van der Waals surface area contributed by atoms with Crippen molar-refractivity contribution in [2.24, 2.45) is 0 Å². The summed E-state index contributed by atoms with van der Waals surface area (Å²) in [6, 6.07) is 12.8. The number of hydrogen-bond donors (Lipinski definition) is 0. The molecule has 0 aliphatic rings. The molecule has 0 spiro atoms. The van der Waals surface area contributed by atoms with Crippen LogP contribution in [0.25, 0.3) is 16.9 Å². The Bertz CT molecular complexity index is 1020. The summed E-state index contributed by atoms with van der Waals surface area (Å²) in [6.07, 6.45) is 0. The lowest BCUT2D eigenvalue weighted by atomic mass is 10.1. The standard InChI is InChI=1S/C19H14ClFN2O4/c1-26-18(24)14-16(12-9-6-10-13(21)15(12)20)22-23(17(14)19(25)27-2)11-7-4-3-5-8-11/h3-10H,1-2H3. The Labute approximate surface area is 159 Å². The van der Waals surface area contributed by atoms with Crippen molar-refractivity contribution < 1.29 is 23.5 Å². The van der Waals surface area contributed by atoms with E-state index in [0.717, 1.165) is 0 Å². The number of nitrogens with zero attached hydrogens (tertiary/aromatic N) is 2. The third-order valence-corrected chi connectivity index (χ3v) is 4.25. The van der Waals surface area contributed by atoms with Crippen LogP contribution in [0.4, 0.5) is 4.39 Å². The molecule has 0 fully saturated rings. The van der Waals surface area contributed by atoms with Crippen LogP contribution < -0.4 is 0 Å². The molecule has 1 heterocycles. The summed E-state index contributed by atoms with van der Waals surface area (Å²) >= 11 is 6.08. The first-order valence-electron chi connectivity index (χ1n) is 7.79. The van der Waals surface area contributed by atoms with Gasteiger partial charge in [-0.15, -0.1) is 0 Å². The smallest absolute Gasteiger partial charge is 0.357 e. The Morgan fingerprint density at radius 3 is 2.30 bits per heavy atom. The topological polar surface area (TPSA) is 70.4 Å². The zero-order valence-electron chi connectivity index (χ0n) is 14.4. The maximum atomic E-state index is 14.0. The molecule has 0 aliphatic heterocycles. The summed E-state index contributed by atoms with van der Waals surface area (Å²) in [6.45, 7) is 0. The molecule has 6 nitrogen and oxygen atoms in total. The zero-order valence-corrected chi connectivity index (χ0v) is 15.2. The van der Waals surface area contributed by atoms with E-state index in [1.54, 1.807) is 30.3 Å². The quantitative estimate of drug-likeness (QED) is 0.634. The summed E-state index contributed by atoms with van der Waals surface area (Å²) in [5, 5.41) is 4.13. The van der Waals surface area contributed by atoms with Crippen molar-refractivity contribution >= 4 is 23.5 Å². The molecule has 3 aromatic rings. The van der Waals surface area contributed by atoms with Gasteiger partial charge in [0.25, 0.3) is 0 Å². The first-order chi connectivity index (χ1) is 13.0. The molecule has 1 aromatic heterocycles. The van der Waals surface area contributed by atoms with Crippen LogP contribution in [0.1, 0.15) is 20.8 Å². The second-order valence-electron chi connectivity index (χ2n) is 5.40. The molecule has 0 radical (unpaired) electrons. The van der Waals surface area contributed by atoms with Gasteiger partial charge in [-0.25, -0.2) is 18.7 Å². The largest absolute Gasteiger partial charge is 0.465 e. The lowest BCUT2D eigenvalue weighted by Gasteiger charge is -2.07. The van der Waals surface area contributed by atoms with Gasteiger partial charge in [0.15, 0.2) is 5.69 Å². The van der Waals surface area contributed by atoms with Crippen molar-refractivity contribution in [1.82, 2.24) is 9.78 Å². The van der Waals surface area contributed by atoms with E-state index < -0.39 is 17.8 Å². The van der Waals surface area contributed by atoms with Crippen molar-refractivity contribution in [3.05, 3.63) is 70.6 Å². The molecular weight excluding hydrogens is 375 g/mol. The Kier molecular flexibility index (Phi) is 5.23. The van der Waals surface area contributed by atoms with E-state index in [9.17, 15) is 14.0 Å². The Hall–Kier alpha value is -3.19. The maximum Gasteiger partial charge on any atom is 0.357 e. The molecule has 0 saturated carbocycles. The minimum absolute atomic E-state index is 0.00982. The maximum absolute atomic E-state index is 14.0. The van der Waals surface area contributed by atoms with Crippen molar-refractivity contribution in [3.63, 3.8) is 0 Å². The highest BCUT2D eigenvalue weighted by molar-refractivity contribution is 6.33. The predicted octanol–water partition coefficient (Wildman–Crippen LogP) is 3.91. The molecule has 3 rings (SSSR count). The second-order valence-corrected chi connectivity index (χ2v) is 5.78. The Morgan fingerprint density at radius 2 is 1.67 bits per heavy atom. The molecule has 0 N–H and O–H groups in total. The van der Waals surface area contributed by atoms with E-state index in [0.29, 0.717) is 5.69 Å². The second kappa shape index (κ2) is 7.59. The normalized spacial score (nSPS) is 10.5. The van der Waals surface area contributed by atoms with Gasteiger partial charge >= 0.3 is 11.9 Å². The van der Waals surface area contributed by atoms with Crippen LogP contribution in [0, 0.1) is 5.82 Å². The average molecular weight is 389 g/mol. The van der Waals surface area contributed by atoms with Gasteiger partial charge in [-0.05, 0) is 18.2 Å². The lowest BCUT2D eigenvalue weighted by molar-refractivity contribution is 0.0549. The van der Waals surface area contributed by atoms with Crippen LogP contribution in [-0.2, 0) is 9.47 Å². The molecule has 27 heavy (non-hydrogen) atoms. The average Bonchev–Trinajstić information content (AvgIpc) is 3.09. The van der Waals surface area contributed by atoms with Gasteiger partial charge in [0, 0.05) is 5.56 Å². The van der Waals surface area contributed by atoms with Crippen LogP contribution in [0.5, 0.6) is 0 Å². The fourth-order valence-corrected chi connectivity index (χ4v) is 2.85. The minimum atomic E-state index is -0.826. The van der Waals surface area contributed by atoms with Crippen LogP contribution >= 0.6 is 11.6 Å².